The number of nitrogens with one attached hydrogen (secondary N) is 2. The number of hydrogen-bond donors (Lipinski definition) is 2. The molecule has 2 N–H and O–H groups in total. The summed E-state index contributed by atoms with van der Waals surface area (Å²) in [6.07, 6.45) is 3.26. The number of aryl methyl sites for hydroxylation is 1. The number of fused-ring (bicyclic) bond motifs is 2. The maximum Gasteiger partial charge on any atom is 0.254 e. The van der Waals surface area contributed by atoms with Gasteiger partial charge in [-0.15, -0.1) is 5.10 Å². The number of hydrogen-bond acceptors (Lipinski definition) is 5. The lowest BCUT2D eigenvalue weighted by molar-refractivity contribution is -0.133. The second kappa shape index (κ2) is 10.0. The molecule has 0 unspecified atom stereocenters. The maximum atomic E-state index is 12.5. The molecule has 3 aromatic heterocycles. The molecule has 9 nitrogen and oxygen atoms in total. The second-order valence-electron chi connectivity index (χ2n) is 9.60. The summed E-state index contributed by atoms with van der Waals surface area (Å²) in [5, 5.41) is 12.3. The molecule has 192 valence electrons. The Bertz CT molecular complexity index is 1640. The van der Waals surface area contributed by atoms with Gasteiger partial charge in [0.1, 0.15) is 5.52 Å². The molecule has 38 heavy (non-hydrogen) atoms. The Balaban J connectivity index is 1.28. The van der Waals surface area contributed by atoms with E-state index >= 15 is 0 Å². The van der Waals surface area contributed by atoms with Gasteiger partial charge in [-0.1, -0.05) is 42.5 Å². The minimum absolute atomic E-state index is 0.0484. The van der Waals surface area contributed by atoms with Crippen LogP contribution in [0, 0.1) is 6.92 Å². The molecule has 6 rings (SSSR count). The number of aromatic nitrogens is 4. The molecular formula is C29H29N7O2. The highest BCUT2D eigenvalue weighted by atomic mass is 16.2. The van der Waals surface area contributed by atoms with Crippen LogP contribution in [0.5, 0.6) is 0 Å². The molecule has 9 heteroatoms. The lowest BCUT2D eigenvalue weighted by atomic mass is 10.1. The molecule has 4 heterocycles. The Labute approximate surface area is 220 Å². The average Bonchev–Trinajstić information content (AvgIpc) is 3.65. The zero-order valence-corrected chi connectivity index (χ0v) is 21.2. The van der Waals surface area contributed by atoms with Crippen LogP contribution in [0.4, 0.5) is 5.82 Å². The molecular weight excluding hydrogens is 478 g/mol. The summed E-state index contributed by atoms with van der Waals surface area (Å²) < 4.78 is 3.88. The Morgan fingerprint density at radius 2 is 1.84 bits per heavy atom. The Hall–Kier alpha value is -4.66. The largest absolute Gasteiger partial charge is 0.364 e. The third-order valence-corrected chi connectivity index (χ3v) is 6.98. The molecule has 0 radical (unpaired) electrons. The molecule has 2 amide bonds. The lowest BCUT2D eigenvalue weighted by Gasteiger charge is -2.15. The van der Waals surface area contributed by atoms with Crippen LogP contribution in [0.25, 0.3) is 22.4 Å². The van der Waals surface area contributed by atoms with Crippen molar-refractivity contribution in [2.75, 3.05) is 18.4 Å². The fourth-order valence-corrected chi connectivity index (χ4v) is 5.07. The van der Waals surface area contributed by atoms with Crippen molar-refractivity contribution < 1.29 is 9.59 Å². The van der Waals surface area contributed by atoms with Crippen LogP contribution in [-0.2, 0) is 22.7 Å². The van der Waals surface area contributed by atoms with Crippen molar-refractivity contribution >= 4 is 34.1 Å². The van der Waals surface area contributed by atoms with Gasteiger partial charge in [0.15, 0.2) is 5.82 Å². The first-order valence-corrected chi connectivity index (χ1v) is 12.8. The van der Waals surface area contributed by atoms with Crippen LogP contribution in [0.15, 0.2) is 72.9 Å². The van der Waals surface area contributed by atoms with E-state index in [4.69, 9.17) is 10.1 Å². The molecule has 1 aliphatic heterocycles. The number of rotatable bonds is 8. The van der Waals surface area contributed by atoms with Gasteiger partial charge in [0.25, 0.3) is 5.95 Å². The highest BCUT2D eigenvalue weighted by Crippen LogP contribution is 2.27. The van der Waals surface area contributed by atoms with E-state index in [-0.39, 0.29) is 18.4 Å². The topological polar surface area (TPSA) is 96.6 Å². The maximum absolute atomic E-state index is 12.5. The number of nitrogens with zero attached hydrogens (tertiary/aromatic N) is 5. The van der Waals surface area contributed by atoms with Gasteiger partial charge < -0.3 is 15.5 Å². The predicted molar refractivity (Wildman–Crippen MR) is 146 cm³/mol. The molecule has 1 aliphatic rings. The normalized spacial score (nSPS) is 13.5. The first kappa shape index (κ1) is 23.7. The van der Waals surface area contributed by atoms with Gasteiger partial charge in [0, 0.05) is 43.3 Å². The number of amides is 2. The molecule has 0 bridgehead atoms. The summed E-state index contributed by atoms with van der Waals surface area (Å²) >= 11 is 0. The van der Waals surface area contributed by atoms with E-state index in [9.17, 15) is 9.59 Å². The fraction of sp³-hybridized carbons (Fsp3) is 0.241. The van der Waals surface area contributed by atoms with Gasteiger partial charge in [-0.25, -0.2) is 4.52 Å². The van der Waals surface area contributed by atoms with E-state index in [1.165, 1.54) is 5.56 Å². The molecule has 0 saturated carbocycles. The zero-order chi connectivity index (χ0) is 26.1. The van der Waals surface area contributed by atoms with Crippen molar-refractivity contribution in [1.29, 1.82) is 0 Å². The van der Waals surface area contributed by atoms with Gasteiger partial charge in [-0.3, -0.25) is 14.2 Å². The lowest BCUT2D eigenvalue weighted by Crippen LogP contribution is -2.37. The van der Waals surface area contributed by atoms with Crippen molar-refractivity contribution in [3.63, 3.8) is 0 Å². The van der Waals surface area contributed by atoms with Crippen LogP contribution in [0.2, 0.25) is 0 Å². The summed E-state index contributed by atoms with van der Waals surface area (Å²) in [4.78, 5) is 30.9. The summed E-state index contributed by atoms with van der Waals surface area (Å²) in [7, 11) is 0. The van der Waals surface area contributed by atoms with Gasteiger partial charge in [-0.05, 0) is 48.7 Å². The predicted octanol–water partition coefficient (Wildman–Crippen LogP) is 3.83. The van der Waals surface area contributed by atoms with Crippen LogP contribution >= 0.6 is 0 Å². The van der Waals surface area contributed by atoms with Crippen molar-refractivity contribution in [1.82, 2.24) is 29.4 Å². The Kier molecular flexibility index (Phi) is 6.25. The third-order valence-electron chi connectivity index (χ3n) is 6.98. The van der Waals surface area contributed by atoms with Crippen LogP contribution in [0.1, 0.15) is 29.7 Å². The number of benzene rings is 2. The molecule has 2 aromatic carbocycles. The van der Waals surface area contributed by atoms with Crippen LogP contribution in [-0.4, -0.2) is 49.0 Å². The minimum Gasteiger partial charge on any atom is -0.364 e. The quantitative estimate of drug-likeness (QED) is 0.333. The highest BCUT2D eigenvalue weighted by molar-refractivity contribution is 5.88. The van der Waals surface area contributed by atoms with Gasteiger partial charge in [0.05, 0.1) is 12.1 Å². The third kappa shape index (κ3) is 4.58. The summed E-state index contributed by atoms with van der Waals surface area (Å²) in [5.41, 5.74) is 5.01. The van der Waals surface area contributed by atoms with E-state index in [1.807, 2.05) is 70.7 Å². The van der Waals surface area contributed by atoms with Gasteiger partial charge in [0.2, 0.25) is 11.8 Å². The Morgan fingerprint density at radius 1 is 1.00 bits per heavy atom. The highest BCUT2D eigenvalue weighted by Gasteiger charge is 2.22. The summed E-state index contributed by atoms with van der Waals surface area (Å²) in [6.45, 7) is 3.82. The van der Waals surface area contributed by atoms with E-state index in [1.54, 1.807) is 4.90 Å². The number of likely N-dealkylation sites (tertiary alicyclic amines) is 1. The van der Waals surface area contributed by atoms with E-state index in [2.05, 4.69) is 28.8 Å². The number of anilines is 1. The SMILES string of the molecule is Cc1cc2c(CNC(=O)CN3CCCC3=O)cccc2n1-c1nc(NCc2ccccc2)c2cccn2n1. The standard InChI is InChI=1S/C29H29N7O2/c1-20-16-23-22(18-30-26(37)19-34-14-7-13-27(34)38)10-5-11-24(23)36(20)29-32-28(25-12-6-15-35(25)33-29)31-17-21-8-3-2-4-9-21/h2-6,8-12,15-16H,7,13-14,17-19H2,1H3,(H,30,37)(H,31,32,33). The van der Waals surface area contributed by atoms with Crippen LogP contribution in [0.3, 0.4) is 0 Å². The van der Waals surface area contributed by atoms with E-state index < -0.39 is 0 Å². The molecule has 5 aromatic rings. The van der Waals surface area contributed by atoms with Crippen molar-refractivity contribution in [3.05, 3.63) is 89.7 Å². The molecule has 0 atom stereocenters. The summed E-state index contributed by atoms with van der Waals surface area (Å²) in [5.74, 6) is 1.21. The molecule has 1 saturated heterocycles. The number of carbonyl (C=O) groups is 2. The summed E-state index contributed by atoms with van der Waals surface area (Å²) in [6, 6.07) is 22.3. The van der Waals surface area contributed by atoms with Gasteiger partial charge in [-0.2, -0.15) is 4.98 Å². The number of carbonyl (C=O) groups excluding carboxylic acids is 2. The van der Waals surface area contributed by atoms with Crippen LogP contribution < -0.4 is 10.6 Å². The minimum atomic E-state index is -0.149. The molecule has 0 spiro atoms. The van der Waals surface area contributed by atoms with E-state index in [0.29, 0.717) is 32.0 Å². The fourth-order valence-electron chi connectivity index (χ4n) is 5.07. The van der Waals surface area contributed by atoms with Gasteiger partial charge >= 0.3 is 0 Å². The monoisotopic (exact) mass is 507 g/mol. The molecule has 0 aliphatic carbocycles. The van der Waals surface area contributed by atoms with E-state index in [0.717, 1.165) is 39.9 Å². The zero-order valence-electron chi connectivity index (χ0n) is 21.2. The first-order chi connectivity index (χ1) is 18.6. The van der Waals surface area contributed by atoms with Crippen molar-refractivity contribution in [2.45, 2.75) is 32.9 Å². The molecule has 1 fully saturated rings. The first-order valence-electron chi connectivity index (χ1n) is 12.8. The second-order valence-corrected chi connectivity index (χ2v) is 9.60. The van der Waals surface area contributed by atoms with Crippen molar-refractivity contribution in [3.8, 4) is 5.95 Å². The average molecular weight is 508 g/mol. The Morgan fingerprint density at radius 3 is 2.66 bits per heavy atom. The smallest absolute Gasteiger partial charge is 0.254 e. The van der Waals surface area contributed by atoms with Crippen molar-refractivity contribution in [2.24, 2.45) is 0 Å².